The topological polar surface area (TPSA) is 125 Å². The molecule has 24 heavy (non-hydrogen) atoms. The summed E-state index contributed by atoms with van der Waals surface area (Å²) in [6.45, 7) is 7.95. The van der Waals surface area contributed by atoms with Crippen molar-refractivity contribution in [2.45, 2.75) is 32.4 Å². The minimum Gasteiger partial charge on any atom is -0.480 e. The normalized spacial score (nSPS) is 18.0. The zero-order valence-electron chi connectivity index (χ0n) is 14.6. The van der Waals surface area contributed by atoms with Crippen molar-refractivity contribution in [1.82, 2.24) is 15.1 Å². The molecule has 1 fully saturated rings. The van der Waals surface area contributed by atoms with E-state index in [0.717, 1.165) is 0 Å². The summed E-state index contributed by atoms with van der Waals surface area (Å²) >= 11 is 0. The summed E-state index contributed by atoms with van der Waals surface area (Å²) in [7, 11) is 0. The van der Waals surface area contributed by atoms with E-state index in [1.54, 1.807) is 20.8 Å². The van der Waals surface area contributed by atoms with Crippen molar-refractivity contribution in [2.75, 3.05) is 45.8 Å². The average Bonchev–Trinajstić information content (AvgIpc) is 2.44. The van der Waals surface area contributed by atoms with E-state index in [1.165, 1.54) is 0 Å². The van der Waals surface area contributed by atoms with Crippen LogP contribution in [0.15, 0.2) is 0 Å². The number of nitrogens with zero attached hydrogens (tertiary/aromatic N) is 2. The fourth-order valence-corrected chi connectivity index (χ4v) is 2.24. The number of carboxylic acid groups (broad SMARTS) is 1. The second-order valence-corrected chi connectivity index (χ2v) is 6.89. The van der Waals surface area contributed by atoms with Crippen LogP contribution in [0.3, 0.4) is 0 Å². The van der Waals surface area contributed by atoms with Gasteiger partial charge in [-0.2, -0.15) is 0 Å². The summed E-state index contributed by atoms with van der Waals surface area (Å²) in [4.78, 5) is 38.1. The monoisotopic (exact) mass is 344 g/mol. The van der Waals surface area contributed by atoms with Crippen molar-refractivity contribution in [2.24, 2.45) is 5.73 Å². The third kappa shape index (κ3) is 8.23. The molecule has 1 unspecified atom stereocenters. The number of ether oxygens (including phenoxy) is 1. The number of hydrogen-bond acceptors (Lipinski definition) is 7. The van der Waals surface area contributed by atoms with Crippen LogP contribution < -0.4 is 11.1 Å². The van der Waals surface area contributed by atoms with Gasteiger partial charge >= 0.3 is 11.9 Å². The molecule has 1 amide bonds. The Kier molecular flexibility index (Phi) is 7.59. The predicted octanol–water partition coefficient (Wildman–Crippen LogP) is -1.53. The Bertz CT molecular complexity index is 455. The summed E-state index contributed by atoms with van der Waals surface area (Å²) in [5.74, 6) is -1.62. The molecule has 1 atom stereocenters. The van der Waals surface area contributed by atoms with E-state index in [0.29, 0.717) is 26.2 Å². The number of piperazine rings is 1. The molecule has 1 aliphatic heterocycles. The molecule has 1 heterocycles. The second kappa shape index (κ2) is 8.95. The van der Waals surface area contributed by atoms with E-state index in [9.17, 15) is 14.4 Å². The van der Waals surface area contributed by atoms with Gasteiger partial charge in [0.2, 0.25) is 5.91 Å². The zero-order chi connectivity index (χ0) is 18.3. The third-order valence-electron chi connectivity index (χ3n) is 3.42. The van der Waals surface area contributed by atoms with Gasteiger partial charge in [-0.1, -0.05) is 0 Å². The number of carboxylic acids is 1. The number of carbonyl (C=O) groups excluding carboxylic acids is 2. The highest BCUT2D eigenvalue weighted by molar-refractivity contribution is 5.80. The van der Waals surface area contributed by atoms with Crippen molar-refractivity contribution >= 4 is 17.8 Å². The number of esters is 1. The maximum Gasteiger partial charge on any atom is 0.325 e. The lowest BCUT2D eigenvalue weighted by atomic mass is 10.2. The summed E-state index contributed by atoms with van der Waals surface area (Å²) in [5, 5.41) is 11.4. The van der Waals surface area contributed by atoms with Gasteiger partial charge in [0.1, 0.15) is 11.6 Å². The van der Waals surface area contributed by atoms with Gasteiger partial charge in [0.25, 0.3) is 0 Å². The second-order valence-electron chi connectivity index (χ2n) is 6.89. The highest BCUT2D eigenvalue weighted by Gasteiger charge is 2.24. The lowest BCUT2D eigenvalue weighted by Crippen LogP contribution is -2.52. The van der Waals surface area contributed by atoms with Gasteiger partial charge in [0, 0.05) is 32.7 Å². The van der Waals surface area contributed by atoms with Gasteiger partial charge in [-0.05, 0) is 20.8 Å². The number of rotatable bonds is 7. The van der Waals surface area contributed by atoms with E-state index in [2.05, 4.69) is 5.32 Å². The maximum atomic E-state index is 11.9. The van der Waals surface area contributed by atoms with Crippen molar-refractivity contribution in [3.8, 4) is 0 Å². The summed E-state index contributed by atoms with van der Waals surface area (Å²) in [6, 6.07) is -0.902. The largest absolute Gasteiger partial charge is 0.480 e. The minimum absolute atomic E-state index is 0.0186. The van der Waals surface area contributed by atoms with Crippen LogP contribution in [-0.2, 0) is 19.1 Å². The summed E-state index contributed by atoms with van der Waals surface area (Å²) in [5.41, 5.74) is 5.09. The highest BCUT2D eigenvalue weighted by Crippen LogP contribution is 2.07. The van der Waals surface area contributed by atoms with Gasteiger partial charge in [0.15, 0.2) is 0 Å². The molecule has 9 nitrogen and oxygen atoms in total. The lowest BCUT2D eigenvalue weighted by molar-refractivity contribution is -0.156. The average molecular weight is 344 g/mol. The quantitative estimate of drug-likeness (QED) is 0.475. The van der Waals surface area contributed by atoms with Crippen LogP contribution >= 0.6 is 0 Å². The Hall–Kier alpha value is -1.71. The van der Waals surface area contributed by atoms with Crippen molar-refractivity contribution in [3.63, 3.8) is 0 Å². The molecule has 138 valence electrons. The first kappa shape index (κ1) is 20.3. The minimum atomic E-state index is -0.902. The van der Waals surface area contributed by atoms with E-state index in [1.807, 2.05) is 9.80 Å². The van der Waals surface area contributed by atoms with Crippen LogP contribution in [0.4, 0.5) is 0 Å². The number of hydrogen-bond donors (Lipinski definition) is 3. The van der Waals surface area contributed by atoms with Crippen LogP contribution in [-0.4, -0.2) is 90.2 Å². The van der Waals surface area contributed by atoms with E-state index in [-0.39, 0.29) is 25.5 Å². The number of amides is 1. The SMILES string of the molecule is CC(C)(C)OC(=O)C(N)CNC(=O)CN1CCN(CC(=O)O)CC1. The first-order valence-electron chi connectivity index (χ1n) is 7.98. The molecule has 0 saturated carbocycles. The van der Waals surface area contributed by atoms with Crippen molar-refractivity contribution in [3.05, 3.63) is 0 Å². The van der Waals surface area contributed by atoms with Crippen LogP contribution in [0, 0.1) is 0 Å². The first-order valence-corrected chi connectivity index (χ1v) is 7.98. The van der Waals surface area contributed by atoms with Crippen LogP contribution in [0.2, 0.25) is 0 Å². The molecule has 9 heteroatoms. The smallest absolute Gasteiger partial charge is 0.325 e. The number of nitrogens with one attached hydrogen (secondary N) is 1. The third-order valence-corrected chi connectivity index (χ3v) is 3.42. The van der Waals surface area contributed by atoms with Crippen LogP contribution in [0.25, 0.3) is 0 Å². The van der Waals surface area contributed by atoms with Gasteiger partial charge in [-0.15, -0.1) is 0 Å². The van der Waals surface area contributed by atoms with Gasteiger partial charge in [-0.25, -0.2) is 0 Å². The molecule has 0 radical (unpaired) electrons. The van der Waals surface area contributed by atoms with Gasteiger partial charge in [0.05, 0.1) is 13.1 Å². The van der Waals surface area contributed by atoms with Crippen molar-refractivity contribution in [1.29, 1.82) is 0 Å². The highest BCUT2D eigenvalue weighted by atomic mass is 16.6. The number of nitrogens with two attached hydrogens (primary N) is 1. The molecule has 0 aromatic carbocycles. The Morgan fingerprint density at radius 2 is 1.62 bits per heavy atom. The lowest BCUT2D eigenvalue weighted by Gasteiger charge is -2.33. The molecule has 1 aliphatic rings. The molecule has 4 N–H and O–H groups in total. The molecule has 0 aromatic heterocycles. The van der Waals surface area contributed by atoms with E-state index in [4.69, 9.17) is 15.6 Å². The fourth-order valence-electron chi connectivity index (χ4n) is 2.24. The van der Waals surface area contributed by atoms with E-state index < -0.39 is 23.6 Å². The Morgan fingerprint density at radius 1 is 1.12 bits per heavy atom. The maximum absolute atomic E-state index is 11.9. The molecular weight excluding hydrogens is 316 g/mol. The Labute approximate surface area is 142 Å². The predicted molar refractivity (Wildman–Crippen MR) is 87.3 cm³/mol. The zero-order valence-corrected chi connectivity index (χ0v) is 14.6. The van der Waals surface area contributed by atoms with Gasteiger partial charge in [-0.3, -0.25) is 24.2 Å². The van der Waals surface area contributed by atoms with E-state index >= 15 is 0 Å². The molecule has 0 spiro atoms. The first-order chi connectivity index (χ1) is 11.1. The molecule has 0 aliphatic carbocycles. The number of carbonyl (C=O) groups is 3. The van der Waals surface area contributed by atoms with Crippen LogP contribution in [0.1, 0.15) is 20.8 Å². The molecule has 0 aromatic rings. The van der Waals surface area contributed by atoms with Crippen LogP contribution in [0.5, 0.6) is 0 Å². The number of aliphatic carboxylic acids is 1. The molecule has 0 bridgehead atoms. The molecular formula is C15H28N4O5. The Balaban J connectivity index is 2.25. The molecule has 1 saturated heterocycles. The van der Waals surface area contributed by atoms with Gasteiger partial charge < -0.3 is 20.9 Å². The summed E-state index contributed by atoms with van der Waals surface area (Å²) < 4.78 is 5.15. The fraction of sp³-hybridized carbons (Fsp3) is 0.800. The standard InChI is InChI=1S/C15H28N4O5/c1-15(2,3)24-14(23)11(16)8-17-12(20)9-18-4-6-19(7-5-18)10-13(21)22/h11H,4-10,16H2,1-3H3,(H,17,20)(H,21,22). The summed E-state index contributed by atoms with van der Waals surface area (Å²) in [6.07, 6.45) is 0. The molecule has 1 rings (SSSR count). The van der Waals surface area contributed by atoms with Crippen molar-refractivity contribution < 1.29 is 24.2 Å². The Morgan fingerprint density at radius 3 is 2.08 bits per heavy atom.